The van der Waals surface area contributed by atoms with Gasteiger partial charge in [-0.15, -0.1) is 70.6 Å². The number of aryl methyl sites for hydroxylation is 5. The molecule has 0 unspecified atom stereocenters. The average Bonchev–Trinajstić information content (AvgIpc) is 1.68. The fourth-order valence-electron chi connectivity index (χ4n) is 13.3. The summed E-state index contributed by atoms with van der Waals surface area (Å²) in [6.07, 6.45) is 6.89. The highest BCUT2D eigenvalue weighted by molar-refractivity contribution is 8.16. The number of rotatable bonds is 17. The molecule has 13 heterocycles. The second-order valence-electron chi connectivity index (χ2n) is 29.8. The summed E-state index contributed by atoms with van der Waals surface area (Å²) >= 11 is 43.8. The van der Waals surface area contributed by atoms with E-state index in [1.807, 2.05) is 112 Å². The summed E-state index contributed by atoms with van der Waals surface area (Å²) in [5.41, 5.74) is 10.1. The van der Waals surface area contributed by atoms with Crippen LogP contribution in [0.1, 0.15) is 128 Å². The second-order valence-corrected chi connectivity index (χ2v) is 38.9. The second kappa shape index (κ2) is 43.4. The van der Waals surface area contributed by atoms with Crippen LogP contribution >= 0.6 is 155 Å². The normalized spacial score (nSPS) is 14.2. The van der Waals surface area contributed by atoms with Gasteiger partial charge in [-0.25, -0.2) is 30.0 Å². The number of aliphatic imine (C=N–C) groups is 6. The smallest absolute Gasteiger partial charge is 0.257 e. The molecule has 0 spiro atoms. The van der Waals surface area contributed by atoms with E-state index >= 15 is 0 Å². The average molecular weight is 1970 g/mol. The first kappa shape index (κ1) is 95.3. The van der Waals surface area contributed by atoms with E-state index in [1.54, 1.807) is 12.1 Å². The molecule has 1 saturated heterocycles. The van der Waals surface area contributed by atoms with Gasteiger partial charge in [0.05, 0.1) is 103 Å². The van der Waals surface area contributed by atoms with Gasteiger partial charge >= 0.3 is 0 Å². The number of halogens is 1. The summed E-state index contributed by atoms with van der Waals surface area (Å²) < 4.78 is 1.57. The van der Waals surface area contributed by atoms with Crippen molar-refractivity contribution < 1.29 is 28.8 Å². The van der Waals surface area contributed by atoms with Crippen molar-refractivity contribution in [2.45, 2.75) is 98.8 Å². The molecule has 1 aliphatic carbocycles. The number of thioether (sulfide) groups is 6. The van der Waals surface area contributed by atoms with Gasteiger partial charge in [-0.1, -0.05) is 95.0 Å². The van der Waals surface area contributed by atoms with Gasteiger partial charge in [0, 0.05) is 79.8 Å². The molecule has 44 heteroatoms. The summed E-state index contributed by atoms with van der Waals surface area (Å²) in [6.45, 7) is 11.5. The number of ketones is 5. The van der Waals surface area contributed by atoms with Crippen LogP contribution in [0.2, 0.25) is 5.02 Å². The van der Waals surface area contributed by atoms with Crippen LogP contribution in [-0.2, 0) is 48.1 Å². The highest BCUT2D eigenvalue weighted by atomic mass is 35.5. The molecule has 0 atom stereocenters. The number of nitrogens with zero attached hydrogens (tertiary/aromatic N) is 7. The van der Waals surface area contributed by atoms with Crippen LogP contribution < -0.4 is 33.4 Å². The molecule has 4 aromatic carbocycles. The Morgan fingerprint density at radius 2 is 0.656 bits per heavy atom. The minimum atomic E-state index is -0.240. The molecule has 18 rings (SSSR count). The summed E-state index contributed by atoms with van der Waals surface area (Å²) in [5, 5.41) is 5.00. The third-order valence-corrected chi connectivity index (χ3v) is 27.4. The Bertz CT molecular complexity index is 7020. The van der Waals surface area contributed by atoms with Crippen LogP contribution in [0.25, 0.3) is 0 Å². The van der Waals surface area contributed by atoms with Gasteiger partial charge in [0.2, 0.25) is 5.91 Å². The van der Waals surface area contributed by atoms with Gasteiger partial charge < -0.3 is 34.8 Å². The van der Waals surface area contributed by atoms with Crippen molar-refractivity contribution in [3.05, 3.63) is 264 Å². The van der Waals surface area contributed by atoms with Gasteiger partial charge in [0.15, 0.2) is 51.8 Å². The van der Waals surface area contributed by atoms with E-state index in [0.29, 0.717) is 168 Å². The molecule has 6 aromatic heterocycles. The molecule has 660 valence electrons. The summed E-state index contributed by atoms with van der Waals surface area (Å²) in [7, 11) is 0. The number of aromatic nitrogens is 12. The molecule has 128 heavy (non-hydrogen) atoms. The first-order chi connectivity index (χ1) is 61.2. The third-order valence-electron chi connectivity index (χ3n) is 20.0. The van der Waals surface area contributed by atoms with E-state index in [0.717, 1.165) is 97.4 Å². The Balaban J connectivity index is 0.000000131. The van der Waals surface area contributed by atoms with E-state index in [-0.39, 0.29) is 103 Å². The van der Waals surface area contributed by atoms with Gasteiger partial charge in [-0.05, 0) is 163 Å². The zero-order chi connectivity index (χ0) is 91.3. The van der Waals surface area contributed by atoms with E-state index in [9.17, 15) is 57.5 Å². The maximum atomic E-state index is 12.4. The number of nitrogens with one attached hydrogen (secondary N) is 12. The summed E-state index contributed by atoms with van der Waals surface area (Å²) in [4.78, 5) is 203. The van der Waals surface area contributed by atoms with Gasteiger partial charge in [0.1, 0.15) is 40.7 Å². The topological polar surface area (TPSA) is 472 Å². The lowest BCUT2D eigenvalue weighted by Crippen LogP contribution is -2.29. The van der Waals surface area contributed by atoms with Gasteiger partial charge in [0.25, 0.3) is 33.4 Å². The van der Waals surface area contributed by atoms with Crippen molar-refractivity contribution in [3.63, 3.8) is 0 Å². The predicted molar refractivity (Wildman–Crippen MR) is 528 cm³/mol. The zero-order valence-electron chi connectivity index (χ0n) is 68.7. The number of benzene rings is 4. The molecule has 7 aliphatic heterocycles. The number of likely N-dealkylation sites (tertiary alicyclic amines) is 1. The van der Waals surface area contributed by atoms with Gasteiger partial charge in [-0.2, -0.15) is 0 Å². The quantitative estimate of drug-likeness (QED) is 0.0297. The molecule has 31 nitrogen and oxygen atoms in total. The minimum absolute atomic E-state index is 0.0468. The molecule has 0 radical (unpaired) electrons. The van der Waals surface area contributed by atoms with Gasteiger partial charge in [-0.3, -0.25) is 87.4 Å². The van der Waals surface area contributed by atoms with Crippen LogP contribution in [0.15, 0.2) is 144 Å². The maximum Gasteiger partial charge on any atom is 0.257 e. The molecule has 0 bridgehead atoms. The number of carbonyl (C=O) groups is 6. The lowest BCUT2D eigenvalue weighted by Gasteiger charge is -2.14. The molecule has 8 aliphatic rings. The molecule has 10 aromatic rings. The number of amides is 1. The lowest BCUT2D eigenvalue weighted by molar-refractivity contribution is -0.127. The van der Waals surface area contributed by atoms with Crippen molar-refractivity contribution in [1.29, 1.82) is 0 Å². The number of carbonyl (C=O) groups excluding carboxylic acids is 6. The molecule has 1 amide bonds. The first-order valence-electron chi connectivity index (χ1n) is 39.4. The highest BCUT2D eigenvalue weighted by Gasteiger charge is 2.32. The van der Waals surface area contributed by atoms with Crippen molar-refractivity contribution in [3.8, 4) is 0 Å². The predicted octanol–water partition coefficient (Wildman–Crippen LogP) is 15.8. The maximum absolute atomic E-state index is 12.4. The van der Waals surface area contributed by atoms with Crippen LogP contribution in [0.5, 0.6) is 0 Å². The van der Waals surface area contributed by atoms with Crippen molar-refractivity contribution >= 4 is 255 Å². The molecule has 1 saturated carbocycles. The number of hydrogen-bond donors (Lipinski definition) is 12. The largest absolute Gasteiger partial charge is 0.342 e. The Hall–Kier alpha value is -10.3. The number of fused-ring (bicyclic) bond motifs is 6. The van der Waals surface area contributed by atoms with Crippen molar-refractivity contribution in [2.24, 2.45) is 35.9 Å². The number of Topliss-reactive ketones (excluding diaryl/α,β-unsaturated/α-hetero) is 5. The Kier molecular flexibility index (Phi) is 32.3. The van der Waals surface area contributed by atoms with E-state index in [4.69, 9.17) is 84.9 Å². The molecule has 2 fully saturated rings. The zero-order valence-corrected chi connectivity index (χ0v) is 79.2. The first-order valence-corrected chi connectivity index (χ1v) is 48.2. The summed E-state index contributed by atoms with van der Waals surface area (Å²) in [6, 6.07) is 26.1. The lowest BCUT2D eigenvalue weighted by atomic mass is 10.0. The molecular formula is C84H78ClN19O12S12. The monoisotopic (exact) mass is 1960 g/mol. The van der Waals surface area contributed by atoms with Crippen LogP contribution in [0, 0.1) is 69.2 Å². The number of aromatic amines is 12. The third kappa shape index (κ3) is 25.6. The number of hydrogen-bond acceptors (Lipinski definition) is 30. The highest BCUT2D eigenvalue weighted by Crippen LogP contribution is 2.35. The SMILES string of the molecule is Cc1ccc(C(=O)CSC2=Nc3[nH]c(=S)[nH]c(=O)c3C2)c(C)c1.Cc1ccc(C(=O)CSC2=Nc3[nH]c(=S)[nH]c(=O)c3C2)c(Cl)c1.Cc1ccc(C(=O)CSC2=Nc3[nH]c(=S)[nH]c(=O)c3C2)cc1.Cc1cccc(C(=O)CSC2=Nc3[nH]c(=S)[nH]c(=O)c3C2)c1.O=C(CSC1=Nc2[nH]c(=S)[nH]c(=O)c2C1)C1CC1.O=C(CSC1=Nc2[nH]c(=S)[nH]c(=O)c2C1)N1CCCC1. The fourth-order valence-corrected chi connectivity index (χ4v) is 20.0. The Labute approximate surface area is 788 Å². The van der Waals surface area contributed by atoms with Crippen molar-refractivity contribution in [2.75, 3.05) is 47.6 Å². The van der Waals surface area contributed by atoms with Crippen LogP contribution in [-0.4, -0.2) is 177 Å². The fraction of sp³-hybridized carbons (Fsp3) is 0.286. The summed E-state index contributed by atoms with van der Waals surface area (Å²) in [5.74, 6) is 5.78. The number of H-pyrrole nitrogens is 12. The molecule has 12 N–H and O–H groups in total. The Morgan fingerprint density at radius 1 is 0.352 bits per heavy atom. The molecular weight excluding hydrogens is 1890 g/mol. The van der Waals surface area contributed by atoms with Crippen LogP contribution in [0.3, 0.4) is 0 Å². The van der Waals surface area contributed by atoms with E-state index in [2.05, 4.69) is 89.8 Å². The van der Waals surface area contributed by atoms with E-state index in [1.165, 1.54) is 70.6 Å². The standard InChI is InChI=1S/C16H15N3O2S2.C15H12ClN3O2S2.2C15H13N3O2S2.C12H14N4O2S2.C11H11N3O2S2/c1-8-3-4-10(9(2)5-8)12(20)7-23-13-6-11-14(17-13)18-16(22)19-15(11)21;1-7-2-3-8(10(16)4-7)11(20)6-23-12-5-9-13(17-12)18-15(22)19-14(9)21;1-8-2-4-9(5-3-8)11(19)7-22-12-6-10-13(16-12)17-15(21)18-14(10)20;1-8-3-2-4-9(5-8)11(19)7-22-12-6-10-13(16-12)17-15(21)18-14(10)20;17-9(16-3-1-2-4-16)6-20-8-5-7-10(13-8)14-12(19)15-11(7)18;15-7(5-1-2-5)4-18-8-3-6-9(12-8)13-11(17)14-10(6)16/h3-5H,6-7H2,1-2H3,(H2,18,19,21,22);2-4H,5-6H2,1H3,(H2,18,19,21,22);2*2-5H,6-7H2,1H3,(H2,17,18,20,21);1-6H2,(H2,14,15,18,19);5H,1-4H2,(H2,13,14,16,17). The van der Waals surface area contributed by atoms with E-state index < -0.39 is 0 Å². The van der Waals surface area contributed by atoms with Crippen molar-refractivity contribution in [1.82, 2.24) is 64.7 Å². The Morgan fingerprint density at radius 3 is 1.00 bits per heavy atom. The van der Waals surface area contributed by atoms with Crippen LogP contribution in [0.4, 0.5) is 34.9 Å². The minimum Gasteiger partial charge on any atom is -0.342 e.